The minimum atomic E-state index is -5.32. The Morgan fingerprint density at radius 2 is 1.84 bits per heavy atom. The van der Waals surface area contributed by atoms with Crippen LogP contribution in [-0.4, -0.2) is 27.5 Å². The molecule has 2 heterocycles. The zero-order valence-corrected chi connectivity index (χ0v) is 16.6. The molecule has 3 N–H and O–H groups in total. The maximum absolute atomic E-state index is 14.2. The molecule has 0 bridgehead atoms. The molecule has 1 unspecified atom stereocenters. The standard InChI is InChI=1S/C20H21F3N4O4/c1-2-3-9-13(28)26-19(20(21,22)23)14-15(24-17(19)30)27(18(31)25-16(14)29)11-10-12-7-5-4-6-8-12/h4-8H,2-3,9-11H2,1H3,(H,24,30)(H,26,28)(H,25,29,31). The van der Waals surface area contributed by atoms with Gasteiger partial charge in [-0.1, -0.05) is 43.7 Å². The largest absolute Gasteiger partial charge is 0.425 e. The van der Waals surface area contributed by atoms with E-state index in [1.54, 1.807) is 42.6 Å². The van der Waals surface area contributed by atoms with Gasteiger partial charge in [-0.05, 0) is 18.4 Å². The number of H-pyrrole nitrogens is 1. The Bertz CT molecular complexity index is 1110. The van der Waals surface area contributed by atoms with Crippen LogP contribution >= 0.6 is 0 Å². The lowest BCUT2D eigenvalue weighted by Crippen LogP contribution is -2.62. The second-order valence-corrected chi connectivity index (χ2v) is 7.22. The number of halogens is 3. The Labute approximate surface area is 174 Å². The number of alkyl halides is 3. The first-order valence-corrected chi connectivity index (χ1v) is 9.72. The van der Waals surface area contributed by atoms with Crippen LogP contribution in [0.4, 0.5) is 19.0 Å². The molecular weight excluding hydrogens is 417 g/mol. The van der Waals surface area contributed by atoms with Gasteiger partial charge >= 0.3 is 11.9 Å². The van der Waals surface area contributed by atoms with E-state index in [0.717, 1.165) is 10.1 Å². The number of rotatable bonds is 7. The third kappa shape index (κ3) is 3.99. The molecule has 0 fully saturated rings. The van der Waals surface area contributed by atoms with Crippen molar-refractivity contribution >= 4 is 17.6 Å². The normalized spacial score (nSPS) is 17.9. The second kappa shape index (κ2) is 8.40. The molecule has 0 aliphatic carbocycles. The number of benzene rings is 1. The fourth-order valence-electron chi connectivity index (χ4n) is 3.53. The second-order valence-electron chi connectivity index (χ2n) is 7.22. The van der Waals surface area contributed by atoms with Crippen LogP contribution in [0.25, 0.3) is 0 Å². The summed E-state index contributed by atoms with van der Waals surface area (Å²) >= 11 is 0. The van der Waals surface area contributed by atoms with Gasteiger partial charge in [-0.15, -0.1) is 0 Å². The van der Waals surface area contributed by atoms with Crippen molar-refractivity contribution in [1.29, 1.82) is 0 Å². The van der Waals surface area contributed by atoms with Crippen molar-refractivity contribution in [3.63, 3.8) is 0 Å². The summed E-state index contributed by atoms with van der Waals surface area (Å²) in [6.07, 6.45) is -4.45. The molecule has 0 saturated heterocycles. The van der Waals surface area contributed by atoms with Gasteiger partial charge in [-0.25, -0.2) is 4.79 Å². The van der Waals surface area contributed by atoms with Gasteiger partial charge in [0.1, 0.15) is 11.4 Å². The van der Waals surface area contributed by atoms with Crippen molar-refractivity contribution in [1.82, 2.24) is 14.9 Å². The van der Waals surface area contributed by atoms with Crippen LogP contribution in [0.1, 0.15) is 37.3 Å². The minimum Gasteiger partial charge on any atom is -0.330 e. The number of anilines is 1. The fourth-order valence-corrected chi connectivity index (χ4v) is 3.53. The highest BCUT2D eigenvalue weighted by atomic mass is 19.4. The molecule has 1 aliphatic heterocycles. The maximum Gasteiger partial charge on any atom is 0.425 e. The van der Waals surface area contributed by atoms with Crippen LogP contribution in [0.15, 0.2) is 39.9 Å². The highest BCUT2D eigenvalue weighted by Gasteiger charge is 2.68. The quantitative estimate of drug-likeness (QED) is 0.612. The predicted octanol–water partition coefficient (Wildman–Crippen LogP) is 1.80. The van der Waals surface area contributed by atoms with Crippen molar-refractivity contribution < 1.29 is 22.8 Å². The van der Waals surface area contributed by atoms with Gasteiger partial charge in [0.2, 0.25) is 11.4 Å². The van der Waals surface area contributed by atoms with E-state index in [4.69, 9.17) is 0 Å². The topological polar surface area (TPSA) is 113 Å². The number of carbonyl (C=O) groups excluding carboxylic acids is 2. The lowest BCUT2D eigenvalue weighted by Gasteiger charge is -2.30. The zero-order valence-electron chi connectivity index (χ0n) is 16.6. The average Bonchev–Trinajstić information content (AvgIpc) is 3.00. The number of carbonyl (C=O) groups is 2. The summed E-state index contributed by atoms with van der Waals surface area (Å²) in [5.41, 5.74) is -6.17. The first kappa shape index (κ1) is 22.3. The Hall–Kier alpha value is -3.37. The molecule has 2 aromatic rings. The summed E-state index contributed by atoms with van der Waals surface area (Å²) in [5, 5.41) is 3.74. The number of nitrogens with one attached hydrogen (secondary N) is 3. The van der Waals surface area contributed by atoms with E-state index in [-0.39, 0.29) is 19.4 Å². The number of hydrogen-bond acceptors (Lipinski definition) is 4. The predicted molar refractivity (Wildman–Crippen MR) is 105 cm³/mol. The molecule has 1 aromatic carbocycles. The van der Waals surface area contributed by atoms with E-state index in [0.29, 0.717) is 12.8 Å². The molecule has 3 rings (SSSR count). The van der Waals surface area contributed by atoms with E-state index < -0.39 is 46.2 Å². The first-order chi connectivity index (χ1) is 14.6. The van der Waals surface area contributed by atoms with Gasteiger partial charge in [-0.2, -0.15) is 13.2 Å². The Morgan fingerprint density at radius 1 is 1.16 bits per heavy atom. The summed E-state index contributed by atoms with van der Waals surface area (Å²) in [4.78, 5) is 51.4. The maximum atomic E-state index is 14.2. The van der Waals surface area contributed by atoms with Crippen LogP contribution < -0.4 is 21.9 Å². The van der Waals surface area contributed by atoms with Crippen molar-refractivity contribution in [2.24, 2.45) is 0 Å². The van der Waals surface area contributed by atoms with E-state index in [1.807, 2.05) is 10.3 Å². The third-order valence-electron chi connectivity index (χ3n) is 5.12. The fraction of sp³-hybridized carbons (Fsp3) is 0.400. The number of hydrogen-bond donors (Lipinski definition) is 3. The number of aryl methyl sites for hydroxylation is 1. The van der Waals surface area contributed by atoms with E-state index in [1.165, 1.54) is 0 Å². The molecule has 0 saturated carbocycles. The lowest BCUT2D eigenvalue weighted by molar-refractivity contribution is -0.200. The first-order valence-electron chi connectivity index (χ1n) is 9.72. The van der Waals surface area contributed by atoms with Gasteiger partial charge in [0, 0.05) is 13.0 Å². The van der Waals surface area contributed by atoms with E-state index in [2.05, 4.69) is 0 Å². The van der Waals surface area contributed by atoms with E-state index >= 15 is 0 Å². The van der Waals surface area contributed by atoms with Crippen LogP contribution in [0, 0.1) is 0 Å². The van der Waals surface area contributed by atoms with Gasteiger partial charge in [0.15, 0.2) is 0 Å². The average molecular weight is 438 g/mol. The number of amides is 2. The van der Waals surface area contributed by atoms with Gasteiger partial charge in [0.25, 0.3) is 11.5 Å². The Balaban J connectivity index is 2.11. The van der Waals surface area contributed by atoms with E-state index in [9.17, 15) is 32.3 Å². The Morgan fingerprint density at radius 3 is 2.45 bits per heavy atom. The molecule has 0 radical (unpaired) electrons. The third-order valence-corrected chi connectivity index (χ3v) is 5.12. The molecule has 11 heteroatoms. The van der Waals surface area contributed by atoms with Crippen LogP contribution in [-0.2, 0) is 28.1 Å². The minimum absolute atomic E-state index is 0.0973. The van der Waals surface area contributed by atoms with Gasteiger partial charge in [0.05, 0.1) is 0 Å². The molecule has 0 spiro atoms. The molecule has 1 atom stereocenters. The smallest absolute Gasteiger partial charge is 0.330 e. The lowest BCUT2D eigenvalue weighted by atomic mass is 9.91. The number of aromatic nitrogens is 2. The summed E-state index contributed by atoms with van der Waals surface area (Å²) < 4.78 is 43.4. The number of aromatic amines is 1. The SMILES string of the molecule is CCCCC(=O)NC1(C(F)(F)F)C(=O)Nc2c1c(=O)[nH]c(=O)n2CCc1ccccc1. The summed E-state index contributed by atoms with van der Waals surface area (Å²) in [6.45, 7) is 1.65. The summed E-state index contributed by atoms with van der Waals surface area (Å²) in [6, 6.07) is 8.84. The molecule has 1 aromatic heterocycles. The summed E-state index contributed by atoms with van der Waals surface area (Å²) in [5.74, 6) is -3.23. The van der Waals surface area contributed by atoms with Crippen LogP contribution in [0.5, 0.6) is 0 Å². The zero-order chi connectivity index (χ0) is 22.8. The monoisotopic (exact) mass is 438 g/mol. The van der Waals surface area contributed by atoms with Gasteiger partial charge in [-0.3, -0.25) is 23.9 Å². The molecule has 166 valence electrons. The van der Waals surface area contributed by atoms with Crippen molar-refractivity contribution in [2.45, 2.75) is 50.9 Å². The highest BCUT2D eigenvalue weighted by Crippen LogP contribution is 2.45. The van der Waals surface area contributed by atoms with Crippen LogP contribution in [0.3, 0.4) is 0 Å². The highest BCUT2D eigenvalue weighted by molar-refractivity contribution is 6.07. The molecule has 8 nitrogen and oxygen atoms in total. The van der Waals surface area contributed by atoms with Crippen molar-refractivity contribution in [2.75, 3.05) is 5.32 Å². The number of nitrogens with zero attached hydrogens (tertiary/aromatic N) is 1. The number of unbranched alkanes of at least 4 members (excludes halogenated alkanes) is 1. The van der Waals surface area contributed by atoms with Crippen molar-refractivity contribution in [3.05, 3.63) is 62.3 Å². The molecular formula is C20H21F3N4O4. The molecule has 31 heavy (non-hydrogen) atoms. The molecule has 2 amide bonds. The number of fused-ring (bicyclic) bond motifs is 1. The van der Waals surface area contributed by atoms with Crippen molar-refractivity contribution in [3.8, 4) is 0 Å². The summed E-state index contributed by atoms with van der Waals surface area (Å²) in [7, 11) is 0. The van der Waals surface area contributed by atoms with Gasteiger partial charge < -0.3 is 10.6 Å². The molecule has 1 aliphatic rings. The Kier molecular flexibility index (Phi) is 6.05. The van der Waals surface area contributed by atoms with Crippen LogP contribution in [0.2, 0.25) is 0 Å².